The van der Waals surface area contributed by atoms with Crippen LogP contribution in [0.3, 0.4) is 0 Å². The van der Waals surface area contributed by atoms with Crippen LogP contribution in [0.15, 0.2) is 0 Å². The molecule has 0 radical (unpaired) electrons. The fourth-order valence-electron chi connectivity index (χ4n) is 1.47. The van der Waals surface area contributed by atoms with Gasteiger partial charge in [-0.3, -0.25) is 14.7 Å². The van der Waals surface area contributed by atoms with Gasteiger partial charge >= 0.3 is 0 Å². The first-order valence-electron chi connectivity index (χ1n) is 6.70. The summed E-state index contributed by atoms with van der Waals surface area (Å²) >= 11 is 0. The van der Waals surface area contributed by atoms with Gasteiger partial charge < -0.3 is 10.2 Å². The van der Waals surface area contributed by atoms with E-state index in [9.17, 15) is 9.59 Å². The van der Waals surface area contributed by atoms with E-state index < -0.39 is 0 Å². The molecular weight excluding hydrogens is 258 g/mol. The van der Waals surface area contributed by atoms with Crippen molar-refractivity contribution in [1.29, 1.82) is 0 Å². The minimum atomic E-state index is -0.372. The van der Waals surface area contributed by atoms with Crippen LogP contribution >= 0.6 is 0 Å². The van der Waals surface area contributed by atoms with Gasteiger partial charge in [0.05, 0.1) is 6.54 Å². The molecule has 1 heterocycles. The average Bonchev–Trinajstić information content (AvgIpc) is 2.84. The first-order chi connectivity index (χ1) is 9.25. The molecule has 0 bridgehead atoms. The highest BCUT2D eigenvalue weighted by molar-refractivity contribution is 5.93. The summed E-state index contributed by atoms with van der Waals surface area (Å²) in [5.74, 6) is 0.170. The molecule has 20 heavy (non-hydrogen) atoms. The van der Waals surface area contributed by atoms with Gasteiger partial charge in [0, 0.05) is 19.0 Å². The number of carbonyl (C=O) groups excluding carboxylic acids is 2. The van der Waals surface area contributed by atoms with Gasteiger partial charge in [0.15, 0.2) is 0 Å². The minimum Gasteiger partial charge on any atom is -0.355 e. The van der Waals surface area contributed by atoms with E-state index in [2.05, 4.69) is 20.5 Å². The molecule has 1 rings (SSSR count). The van der Waals surface area contributed by atoms with Crippen molar-refractivity contribution in [3.63, 3.8) is 0 Å². The van der Waals surface area contributed by atoms with E-state index in [1.165, 1.54) is 4.90 Å². The zero-order chi connectivity index (χ0) is 15.3. The lowest BCUT2D eigenvalue weighted by atomic mass is 9.96. The number of nitrogens with one attached hydrogen (secondary N) is 2. The molecule has 112 valence electrons. The maximum atomic E-state index is 12.1. The van der Waals surface area contributed by atoms with Gasteiger partial charge in [0.25, 0.3) is 5.91 Å². The lowest BCUT2D eigenvalue weighted by Crippen LogP contribution is -2.39. The Labute approximate surface area is 119 Å². The Balaban J connectivity index is 2.65. The Kier molecular flexibility index (Phi) is 5.24. The number of amides is 2. The number of aromatic amines is 1. The average molecular weight is 281 g/mol. The summed E-state index contributed by atoms with van der Waals surface area (Å²) in [5.41, 5.74) is -0.206. The Morgan fingerprint density at radius 3 is 2.50 bits per heavy atom. The molecule has 0 aromatic carbocycles. The highest BCUT2D eigenvalue weighted by atomic mass is 16.2. The number of hydrogen-bond acceptors (Lipinski definition) is 4. The van der Waals surface area contributed by atoms with E-state index in [-0.39, 0.29) is 29.6 Å². The number of hydrogen-bond donors (Lipinski definition) is 2. The Morgan fingerprint density at radius 1 is 1.35 bits per heavy atom. The molecule has 7 nitrogen and oxygen atoms in total. The summed E-state index contributed by atoms with van der Waals surface area (Å²) in [6, 6.07) is 0. The zero-order valence-corrected chi connectivity index (χ0v) is 12.8. The fourth-order valence-corrected chi connectivity index (χ4v) is 1.47. The standard InChI is InChI=1S/C13H23N5O2/c1-6-7-14-9(19)8-18(5)11(20)10-15-12(17-16-10)13(2,3)4/h6-8H2,1-5H3,(H,14,19)(H,15,16,17). The Bertz CT molecular complexity index is 475. The highest BCUT2D eigenvalue weighted by Gasteiger charge is 2.23. The van der Waals surface area contributed by atoms with Crippen LogP contribution < -0.4 is 5.32 Å². The topological polar surface area (TPSA) is 91.0 Å². The van der Waals surface area contributed by atoms with Gasteiger partial charge in [-0.05, 0) is 6.42 Å². The highest BCUT2D eigenvalue weighted by Crippen LogP contribution is 2.17. The molecule has 2 N–H and O–H groups in total. The first kappa shape index (κ1) is 16.1. The number of aromatic nitrogens is 3. The second-order valence-electron chi connectivity index (χ2n) is 5.77. The maximum absolute atomic E-state index is 12.1. The number of H-pyrrole nitrogens is 1. The number of rotatable bonds is 5. The van der Waals surface area contributed by atoms with E-state index in [1.807, 2.05) is 27.7 Å². The van der Waals surface area contributed by atoms with Crippen molar-refractivity contribution < 1.29 is 9.59 Å². The van der Waals surface area contributed by atoms with Crippen LogP contribution in [0.1, 0.15) is 50.6 Å². The van der Waals surface area contributed by atoms with E-state index in [4.69, 9.17) is 0 Å². The molecule has 0 fully saturated rings. The number of carbonyl (C=O) groups is 2. The van der Waals surface area contributed by atoms with Gasteiger partial charge in [0.2, 0.25) is 11.7 Å². The zero-order valence-electron chi connectivity index (χ0n) is 12.8. The third-order valence-corrected chi connectivity index (χ3v) is 2.69. The van der Waals surface area contributed by atoms with Crippen molar-refractivity contribution in [1.82, 2.24) is 25.4 Å². The summed E-state index contributed by atoms with van der Waals surface area (Å²) in [6.45, 7) is 8.50. The molecule has 7 heteroatoms. The molecule has 0 aliphatic carbocycles. The van der Waals surface area contributed by atoms with Gasteiger partial charge in [-0.15, -0.1) is 5.10 Å². The monoisotopic (exact) mass is 281 g/mol. The molecule has 0 aliphatic rings. The summed E-state index contributed by atoms with van der Waals surface area (Å²) < 4.78 is 0. The smallest absolute Gasteiger partial charge is 0.293 e. The molecule has 0 atom stereocenters. The van der Waals surface area contributed by atoms with E-state index in [0.29, 0.717) is 12.4 Å². The second-order valence-corrected chi connectivity index (χ2v) is 5.77. The van der Waals surface area contributed by atoms with E-state index >= 15 is 0 Å². The van der Waals surface area contributed by atoms with Crippen LogP contribution in [0.4, 0.5) is 0 Å². The van der Waals surface area contributed by atoms with Gasteiger partial charge in [0.1, 0.15) is 5.82 Å². The minimum absolute atomic E-state index is 0.00176. The predicted molar refractivity (Wildman–Crippen MR) is 75.3 cm³/mol. The normalized spacial score (nSPS) is 11.2. The van der Waals surface area contributed by atoms with Crippen LogP contribution in [-0.2, 0) is 10.2 Å². The summed E-state index contributed by atoms with van der Waals surface area (Å²) in [5, 5.41) is 9.39. The SMILES string of the molecule is CCCNC(=O)CN(C)C(=O)c1n[nH]c(C(C)(C)C)n1. The molecular formula is C13H23N5O2. The molecule has 0 unspecified atom stereocenters. The molecule has 0 saturated carbocycles. The second kappa shape index (κ2) is 6.49. The van der Waals surface area contributed by atoms with Crippen LogP contribution in [0, 0.1) is 0 Å². The van der Waals surface area contributed by atoms with Crippen LogP contribution in [0.2, 0.25) is 0 Å². The maximum Gasteiger partial charge on any atom is 0.293 e. The quantitative estimate of drug-likeness (QED) is 0.831. The molecule has 0 aliphatic heterocycles. The van der Waals surface area contributed by atoms with Gasteiger partial charge in [-0.1, -0.05) is 27.7 Å². The third-order valence-electron chi connectivity index (χ3n) is 2.69. The van der Waals surface area contributed by atoms with Crippen molar-refractivity contribution in [2.75, 3.05) is 20.1 Å². The van der Waals surface area contributed by atoms with E-state index in [1.54, 1.807) is 7.05 Å². The van der Waals surface area contributed by atoms with Crippen molar-refractivity contribution in [2.45, 2.75) is 39.5 Å². The van der Waals surface area contributed by atoms with Crippen LogP contribution in [0.25, 0.3) is 0 Å². The van der Waals surface area contributed by atoms with Gasteiger partial charge in [-0.25, -0.2) is 4.98 Å². The van der Waals surface area contributed by atoms with Crippen LogP contribution in [0.5, 0.6) is 0 Å². The van der Waals surface area contributed by atoms with Crippen molar-refractivity contribution in [2.24, 2.45) is 0 Å². The third kappa shape index (κ3) is 4.32. The van der Waals surface area contributed by atoms with Gasteiger partial charge in [-0.2, -0.15) is 0 Å². The molecule has 0 saturated heterocycles. The predicted octanol–water partition coefficient (Wildman–Crippen LogP) is 0.700. The molecule has 2 amide bonds. The molecule has 1 aromatic heterocycles. The Hall–Kier alpha value is -1.92. The summed E-state index contributed by atoms with van der Waals surface area (Å²) in [4.78, 5) is 29.1. The van der Waals surface area contributed by atoms with Crippen molar-refractivity contribution in [3.05, 3.63) is 11.6 Å². The lowest BCUT2D eigenvalue weighted by molar-refractivity contribution is -0.121. The lowest BCUT2D eigenvalue weighted by Gasteiger charge is -2.15. The van der Waals surface area contributed by atoms with Crippen molar-refractivity contribution >= 4 is 11.8 Å². The van der Waals surface area contributed by atoms with Crippen molar-refractivity contribution in [3.8, 4) is 0 Å². The fraction of sp³-hybridized carbons (Fsp3) is 0.692. The number of nitrogens with zero attached hydrogens (tertiary/aromatic N) is 3. The van der Waals surface area contributed by atoms with Crippen LogP contribution in [-0.4, -0.2) is 52.0 Å². The molecule has 1 aromatic rings. The largest absolute Gasteiger partial charge is 0.355 e. The summed E-state index contributed by atoms with van der Waals surface area (Å²) in [7, 11) is 1.56. The molecule has 0 spiro atoms. The first-order valence-corrected chi connectivity index (χ1v) is 6.70. The summed E-state index contributed by atoms with van der Waals surface area (Å²) in [6.07, 6.45) is 0.860. The number of likely N-dealkylation sites (N-methyl/N-ethyl adjacent to an activating group) is 1. The Morgan fingerprint density at radius 2 is 2.00 bits per heavy atom. The van der Waals surface area contributed by atoms with E-state index in [0.717, 1.165) is 6.42 Å².